The van der Waals surface area contributed by atoms with Crippen LogP contribution in [0.4, 0.5) is 11.4 Å². The van der Waals surface area contributed by atoms with Gasteiger partial charge in [-0.3, -0.25) is 9.59 Å². The highest BCUT2D eigenvalue weighted by Gasteiger charge is 2.14. The molecule has 6 nitrogen and oxygen atoms in total. The zero-order chi connectivity index (χ0) is 18.4. The first-order chi connectivity index (χ1) is 11.9. The second-order valence-corrected chi connectivity index (χ2v) is 5.57. The van der Waals surface area contributed by atoms with Gasteiger partial charge in [0, 0.05) is 29.4 Å². The summed E-state index contributed by atoms with van der Waals surface area (Å²) in [6.45, 7) is 3.32. The average molecular weight is 342 g/mol. The molecule has 0 bridgehead atoms. The van der Waals surface area contributed by atoms with Crippen molar-refractivity contribution in [3.63, 3.8) is 0 Å². The van der Waals surface area contributed by atoms with Crippen molar-refractivity contribution in [2.75, 3.05) is 24.9 Å². The molecule has 0 aliphatic carbocycles. The van der Waals surface area contributed by atoms with Crippen LogP contribution in [-0.2, 0) is 16.0 Å². The van der Waals surface area contributed by atoms with Gasteiger partial charge in [-0.05, 0) is 31.2 Å². The summed E-state index contributed by atoms with van der Waals surface area (Å²) in [5, 5.41) is 5.51. The maximum atomic E-state index is 12.4. The Hall–Kier alpha value is -3.02. The van der Waals surface area contributed by atoms with E-state index in [9.17, 15) is 9.59 Å². The maximum Gasteiger partial charge on any atom is 0.228 e. The third kappa shape index (κ3) is 4.73. The summed E-state index contributed by atoms with van der Waals surface area (Å²) in [6.07, 6.45) is 0.165. The molecule has 0 spiro atoms. The van der Waals surface area contributed by atoms with Gasteiger partial charge in [-0.1, -0.05) is 12.1 Å². The van der Waals surface area contributed by atoms with Gasteiger partial charge in [0.1, 0.15) is 11.5 Å². The van der Waals surface area contributed by atoms with E-state index in [1.54, 1.807) is 38.5 Å². The second kappa shape index (κ2) is 8.19. The Morgan fingerprint density at radius 2 is 1.68 bits per heavy atom. The molecule has 2 aromatic carbocycles. The molecule has 0 saturated carbocycles. The number of rotatable bonds is 6. The molecule has 0 heterocycles. The molecule has 2 N–H and O–H groups in total. The van der Waals surface area contributed by atoms with E-state index < -0.39 is 0 Å². The standard InChI is InChI=1S/C19H22N2O4/c1-12-17(24-3)9-8-14(19(12)25-4)10-18(23)21-16-7-5-6-15(11-16)20-13(2)22/h5-9,11H,10H2,1-4H3,(H,20,22)(H,21,23). The Morgan fingerprint density at radius 3 is 2.28 bits per heavy atom. The number of ether oxygens (including phenoxy) is 2. The van der Waals surface area contributed by atoms with E-state index in [0.717, 1.165) is 11.1 Å². The van der Waals surface area contributed by atoms with E-state index in [1.807, 2.05) is 19.1 Å². The van der Waals surface area contributed by atoms with Crippen LogP contribution in [0.2, 0.25) is 0 Å². The zero-order valence-corrected chi connectivity index (χ0v) is 14.8. The van der Waals surface area contributed by atoms with Gasteiger partial charge in [0.25, 0.3) is 0 Å². The van der Waals surface area contributed by atoms with Gasteiger partial charge < -0.3 is 20.1 Å². The number of carbonyl (C=O) groups is 2. The maximum absolute atomic E-state index is 12.4. The minimum atomic E-state index is -0.178. The fourth-order valence-electron chi connectivity index (χ4n) is 2.63. The number of anilines is 2. The van der Waals surface area contributed by atoms with Crippen LogP contribution in [0.15, 0.2) is 36.4 Å². The first kappa shape index (κ1) is 18.3. The fourth-order valence-corrected chi connectivity index (χ4v) is 2.63. The van der Waals surface area contributed by atoms with Crippen LogP contribution >= 0.6 is 0 Å². The van der Waals surface area contributed by atoms with Crippen molar-refractivity contribution in [2.45, 2.75) is 20.3 Å². The molecule has 0 radical (unpaired) electrons. The lowest BCUT2D eigenvalue weighted by Crippen LogP contribution is -2.15. The first-order valence-electron chi connectivity index (χ1n) is 7.82. The fraction of sp³-hybridized carbons (Fsp3) is 0.263. The number of carbonyl (C=O) groups excluding carboxylic acids is 2. The second-order valence-electron chi connectivity index (χ2n) is 5.57. The molecule has 2 rings (SSSR count). The first-order valence-corrected chi connectivity index (χ1v) is 7.82. The van der Waals surface area contributed by atoms with Gasteiger partial charge in [0.05, 0.1) is 20.6 Å². The SMILES string of the molecule is COc1ccc(CC(=O)Nc2cccc(NC(C)=O)c2)c(OC)c1C. The normalized spacial score (nSPS) is 10.1. The molecule has 0 atom stereocenters. The summed E-state index contributed by atoms with van der Waals surface area (Å²) >= 11 is 0. The van der Waals surface area contributed by atoms with Crippen LogP contribution in [0.3, 0.4) is 0 Å². The highest BCUT2D eigenvalue weighted by molar-refractivity contribution is 5.94. The van der Waals surface area contributed by atoms with Crippen molar-refractivity contribution in [2.24, 2.45) is 0 Å². The number of hydrogen-bond acceptors (Lipinski definition) is 4. The summed E-state index contributed by atoms with van der Waals surface area (Å²) < 4.78 is 10.7. The largest absolute Gasteiger partial charge is 0.496 e. The van der Waals surface area contributed by atoms with Crippen molar-refractivity contribution in [3.05, 3.63) is 47.5 Å². The zero-order valence-electron chi connectivity index (χ0n) is 14.8. The van der Waals surface area contributed by atoms with Gasteiger partial charge >= 0.3 is 0 Å². The van der Waals surface area contributed by atoms with E-state index in [4.69, 9.17) is 9.47 Å². The molecule has 0 aliphatic heterocycles. The van der Waals surface area contributed by atoms with Crippen LogP contribution in [0.25, 0.3) is 0 Å². The van der Waals surface area contributed by atoms with Crippen molar-refractivity contribution in [3.8, 4) is 11.5 Å². The lowest BCUT2D eigenvalue weighted by molar-refractivity contribution is -0.116. The summed E-state index contributed by atoms with van der Waals surface area (Å²) in [5.74, 6) is 1.01. The van der Waals surface area contributed by atoms with Gasteiger partial charge in [0.15, 0.2) is 0 Å². The molecule has 0 unspecified atom stereocenters. The van der Waals surface area contributed by atoms with E-state index >= 15 is 0 Å². The highest BCUT2D eigenvalue weighted by atomic mass is 16.5. The quantitative estimate of drug-likeness (QED) is 0.845. The Morgan fingerprint density at radius 1 is 1.00 bits per heavy atom. The van der Waals surface area contributed by atoms with Gasteiger partial charge in [-0.2, -0.15) is 0 Å². The predicted octanol–water partition coefficient (Wildman–Crippen LogP) is 3.15. The monoisotopic (exact) mass is 342 g/mol. The molecule has 2 aromatic rings. The molecule has 6 heteroatoms. The summed E-state index contributed by atoms with van der Waals surface area (Å²) in [4.78, 5) is 23.5. The molecule has 132 valence electrons. The smallest absolute Gasteiger partial charge is 0.228 e. The Kier molecular flexibility index (Phi) is 6.00. The van der Waals surface area contributed by atoms with Crippen LogP contribution < -0.4 is 20.1 Å². The van der Waals surface area contributed by atoms with Crippen molar-refractivity contribution in [1.29, 1.82) is 0 Å². The Labute approximate surface area is 147 Å². The minimum Gasteiger partial charge on any atom is -0.496 e. The van der Waals surface area contributed by atoms with E-state index in [0.29, 0.717) is 22.9 Å². The Balaban J connectivity index is 2.13. The average Bonchev–Trinajstić information content (AvgIpc) is 2.55. The van der Waals surface area contributed by atoms with Crippen LogP contribution in [0.1, 0.15) is 18.1 Å². The third-order valence-corrected chi connectivity index (χ3v) is 3.68. The van der Waals surface area contributed by atoms with Crippen LogP contribution in [0.5, 0.6) is 11.5 Å². The van der Waals surface area contributed by atoms with Crippen LogP contribution in [0, 0.1) is 6.92 Å². The number of methoxy groups -OCH3 is 2. The molecule has 0 saturated heterocycles. The van der Waals surface area contributed by atoms with Crippen molar-refractivity contribution in [1.82, 2.24) is 0 Å². The summed E-state index contributed by atoms with van der Waals surface area (Å²) in [5.41, 5.74) is 2.86. The third-order valence-electron chi connectivity index (χ3n) is 3.68. The number of hydrogen-bond donors (Lipinski definition) is 2. The number of amides is 2. The van der Waals surface area contributed by atoms with Crippen molar-refractivity contribution >= 4 is 23.2 Å². The molecular weight excluding hydrogens is 320 g/mol. The van der Waals surface area contributed by atoms with E-state index in [2.05, 4.69) is 10.6 Å². The van der Waals surface area contributed by atoms with E-state index in [-0.39, 0.29) is 18.2 Å². The number of nitrogens with one attached hydrogen (secondary N) is 2. The molecule has 0 fully saturated rings. The molecule has 0 aliphatic rings. The summed E-state index contributed by atoms with van der Waals surface area (Å²) in [7, 11) is 3.16. The summed E-state index contributed by atoms with van der Waals surface area (Å²) in [6, 6.07) is 10.6. The van der Waals surface area contributed by atoms with Gasteiger partial charge in [0.2, 0.25) is 11.8 Å². The highest BCUT2D eigenvalue weighted by Crippen LogP contribution is 2.31. The van der Waals surface area contributed by atoms with Crippen molar-refractivity contribution < 1.29 is 19.1 Å². The Bertz CT molecular complexity index is 787. The van der Waals surface area contributed by atoms with Gasteiger partial charge in [-0.15, -0.1) is 0 Å². The lowest BCUT2D eigenvalue weighted by atomic mass is 10.1. The molecule has 25 heavy (non-hydrogen) atoms. The van der Waals surface area contributed by atoms with Gasteiger partial charge in [-0.25, -0.2) is 0 Å². The molecule has 0 aromatic heterocycles. The lowest BCUT2D eigenvalue weighted by Gasteiger charge is -2.14. The van der Waals surface area contributed by atoms with E-state index in [1.165, 1.54) is 6.92 Å². The molecule has 2 amide bonds. The topological polar surface area (TPSA) is 76.7 Å². The minimum absolute atomic E-state index is 0.165. The predicted molar refractivity (Wildman–Crippen MR) is 97.4 cm³/mol. The molecular formula is C19H22N2O4. The number of benzene rings is 2. The van der Waals surface area contributed by atoms with Crippen LogP contribution in [-0.4, -0.2) is 26.0 Å².